The number of ether oxygens (including phenoxy) is 2. The molecule has 0 N–H and O–H groups in total. The third-order valence-corrected chi connectivity index (χ3v) is 6.77. The van der Waals surface area contributed by atoms with Gasteiger partial charge in [-0.3, -0.25) is 23.7 Å². The predicted molar refractivity (Wildman–Crippen MR) is 135 cm³/mol. The van der Waals surface area contributed by atoms with Gasteiger partial charge in [-0.2, -0.15) is 0 Å². The first-order chi connectivity index (χ1) is 16.9. The molecule has 180 valence electrons. The molecule has 0 fully saturated rings. The Balaban J connectivity index is 1.87. The number of carbonyl (C=O) groups excluding carboxylic acids is 3. The van der Waals surface area contributed by atoms with Crippen molar-refractivity contribution in [1.29, 1.82) is 0 Å². The molecule has 0 saturated heterocycles. The molecule has 0 aliphatic carbocycles. The molecule has 0 saturated carbocycles. The van der Waals surface area contributed by atoms with E-state index in [4.69, 9.17) is 9.47 Å². The minimum absolute atomic E-state index is 0.127. The number of carbonyl (C=O) groups is 3. The molecule has 2 aromatic heterocycles. The van der Waals surface area contributed by atoms with Gasteiger partial charge in [-0.25, -0.2) is 0 Å². The Bertz CT molecular complexity index is 1490. The first kappa shape index (κ1) is 24.2. The summed E-state index contributed by atoms with van der Waals surface area (Å²) in [5, 5.41) is 0.948. The summed E-state index contributed by atoms with van der Waals surface area (Å²) >= 11 is 1.13. The number of fused-ring (bicyclic) bond motifs is 3. The molecule has 0 atom stereocenters. The van der Waals surface area contributed by atoms with Crippen LogP contribution in [0.3, 0.4) is 0 Å². The Morgan fingerprint density at radius 2 is 1.71 bits per heavy atom. The Kier molecular flexibility index (Phi) is 6.97. The van der Waals surface area contributed by atoms with Crippen LogP contribution in [0.2, 0.25) is 0 Å². The molecule has 4 aromatic rings. The molecule has 0 aliphatic rings. The number of ketones is 1. The van der Waals surface area contributed by atoms with Gasteiger partial charge in [0.2, 0.25) is 0 Å². The summed E-state index contributed by atoms with van der Waals surface area (Å²) in [5.41, 5.74) is 0.651. The highest BCUT2D eigenvalue weighted by Crippen LogP contribution is 2.40. The Hall–Kier alpha value is -3.98. The molecule has 0 aliphatic heterocycles. The van der Waals surface area contributed by atoms with E-state index in [0.29, 0.717) is 15.8 Å². The van der Waals surface area contributed by atoms with Gasteiger partial charge in [-0.05, 0) is 13.0 Å². The standard InChI is InChI=1S/C26H24N2O6S/c1-4-34-20(30)15-27(2)26(32)24-22(33-3)21-23(35-24)17-12-8-9-13-18(17)28(25(21)31)14-19(29)16-10-6-5-7-11-16/h5-13H,4,14-15H2,1-3H3. The molecule has 2 aromatic carbocycles. The van der Waals surface area contributed by atoms with Crippen LogP contribution in [0.25, 0.3) is 21.0 Å². The van der Waals surface area contributed by atoms with Crippen molar-refractivity contribution in [2.45, 2.75) is 13.5 Å². The molecule has 4 rings (SSSR count). The largest absolute Gasteiger partial charge is 0.494 e. The zero-order chi connectivity index (χ0) is 25.1. The normalized spacial score (nSPS) is 10.9. The number of para-hydroxylation sites is 1. The van der Waals surface area contributed by atoms with Crippen LogP contribution >= 0.6 is 11.3 Å². The van der Waals surface area contributed by atoms with Gasteiger partial charge in [-0.1, -0.05) is 48.5 Å². The lowest BCUT2D eigenvalue weighted by Crippen LogP contribution is -2.32. The molecule has 0 bridgehead atoms. The number of nitrogens with zero attached hydrogens (tertiary/aromatic N) is 2. The summed E-state index contributed by atoms with van der Waals surface area (Å²) in [6.45, 7) is 1.50. The fourth-order valence-electron chi connectivity index (χ4n) is 3.94. The van der Waals surface area contributed by atoms with Crippen molar-refractivity contribution in [3.63, 3.8) is 0 Å². The average molecular weight is 493 g/mol. The number of benzene rings is 2. The number of rotatable bonds is 8. The third-order valence-electron chi connectivity index (χ3n) is 5.58. The Labute approximate surface area is 205 Å². The predicted octanol–water partition coefficient (Wildman–Crippen LogP) is 3.74. The van der Waals surface area contributed by atoms with Crippen LogP contribution in [0.1, 0.15) is 27.0 Å². The zero-order valence-corrected chi connectivity index (χ0v) is 20.4. The number of Topliss-reactive ketones (excluding diaryl/α,β-unsaturated/α-hetero) is 1. The van der Waals surface area contributed by atoms with Crippen molar-refractivity contribution in [2.75, 3.05) is 27.3 Å². The number of pyridine rings is 1. The van der Waals surface area contributed by atoms with E-state index in [9.17, 15) is 19.2 Å². The summed E-state index contributed by atoms with van der Waals surface area (Å²) in [5.74, 6) is -1.08. The highest BCUT2D eigenvalue weighted by molar-refractivity contribution is 7.22. The van der Waals surface area contributed by atoms with Gasteiger partial charge >= 0.3 is 5.97 Å². The second kappa shape index (κ2) is 10.1. The highest BCUT2D eigenvalue weighted by Gasteiger charge is 2.28. The van der Waals surface area contributed by atoms with Gasteiger partial charge < -0.3 is 14.4 Å². The van der Waals surface area contributed by atoms with Crippen molar-refractivity contribution < 1.29 is 23.9 Å². The first-order valence-corrected chi connectivity index (χ1v) is 11.8. The van der Waals surface area contributed by atoms with Gasteiger partial charge in [0.15, 0.2) is 11.5 Å². The van der Waals surface area contributed by atoms with Gasteiger partial charge in [0, 0.05) is 18.0 Å². The molecular weight excluding hydrogens is 468 g/mol. The van der Waals surface area contributed by atoms with Crippen molar-refractivity contribution >= 4 is 50.0 Å². The smallest absolute Gasteiger partial charge is 0.325 e. The third kappa shape index (κ3) is 4.54. The maximum Gasteiger partial charge on any atom is 0.325 e. The molecule has 8 nitrogen and oxygen atoms in total. The molecule has 0 unspecified atom stereocenters. The number of hydrogen-bond donors (Lipinski definition) is 0. The number of esters is 1. The summed E-state index contributed by atoms with van der Waals surface area (Å²) in [4.78, 5) is 53.2. The Morgan fingerprint density at radius 3 is 2.40 bits per heavy atom. The van der Waals surface area contributed by atoms with E-state index < -0.39 is 17.4 Å². The number of methoxy groups -OCH3 is 1. The molecule has 35 heavy (non-hydrogen) atoms. The van der Waals surface area contributed by atoms with Gasteiger partial charge in [0.05, 0.1) is 30.5 Å². The van der Waals surface area contributed by atoms with Crippen LogP contribution in [0.15, 0.2) is 59.4 Å². The van der Waals surface area contributed by atoms with E-state index >= 15 is 0 Å². The maximum atomic E-state index is 13.7. The lowest BCUT2D eigenvalue weighted by atomic mass is 10.1. The fourth-order valence-corrected chi connectivity index (χ4v) is 5.23. The average Bonchev–Trinajstić information content (AvgIpc) is 3.26. The second-order valence-electron chi connectivity index (χ2n) is 7.83. The quantitative estimate of drug-likeness (QED) is 0.275. The number of likely N-dealkylation sites (N-methyl/N-ethyl adjacent to an activating group) is 1. The minimum atomic E-state index is -0.532. The van der Waals surface area contributed by atoms with Crippen molar-refractivity contribution in [3.8, 4) is 5.75 Å². The molecular formula is C26H24N2O6S. The van der Waals surface area contributed by atoms with Crippen LogP contribution in [-0.2, 0) is 16.1 Å². The van der Waals surface area contributed by atoms with E-state index in [0.717, 1.165) is 16.7 Å². The summed E-state index contributed by atoms with van der Waals surface area (Å²) in [6, 6.07) is 16.0. The molecule has 2 heterocycles. The van der Waals surface area contributed by atoms with Gasteiger partial charge in [0.25, 0.3) is 11.5 Å². The number of hydrogen-bond acceptors (Lipinski definition) is 7. The van der Waals surface area contributed by atoms with Crippen molar-refractivity contribution in [2.24, 2.45) is 0 Å². The van der Waals surface area contributed by atoms with Crippen LogP contribution in [-0.4, -0.2) is 54.4 Å². The van der Waals surface area contributed by atoms with E-state index in [-0.39, 0.29) is 41.5 Å². The lowest BCUT2D eigenvalue weighted by Gasteiger charge is -2.15. The Morgan fingerprint density at radius 1 is 1.03 bits per heavy atom. The molecule has 0 spiro atoms. The topological polar surface area (TPSA) is 94.9 Å². The first-order valence-electron chi connectivity index (χ1n) is 11.0. The number of aromatic nitrogens is 1. The van der Waals surface area contributed by atoms with Crippen LogP contribution in [0, 0.1) is 0 Å². The van der Waals surface area contributed by atoms with E-state index in [1.165, 1.54) is 23.6 Å². The molecule has 0 radical (unpaired) electrons. The van der Waals surface area contributed by atoms with E-state index in [1.807, 2.05) is 18.2 Å². The second-order valence-corrected chi connectivity index (χ2v) is 8.85. The SMILES string of the molecule is CCOC(=O)CN(C)C(=O)c1sc2c(c1OC)c(=O)n(CC(=O)c1ccccc1)c1ccccc21. The number of amides is 1. The van der Waals surface area contributed by atoms with E-state index in [2.05, 4.69) is 0 Å². The van der Waals surface area contributed by atoms with Gasteiger partial charge in [-0.15, -0.1) is 11.3 Å². The fraction of sp³-hybridized carbons (Fsp3) is 0.231. The molecule has 9 heteroatoms. The van der Waals surface area contributed by atoms with Crippen LogP contribution < -0.4 is 10.3 Å². The summed E-state index contributed by atoms with van der Waals surface area (Å²) in [6.07, 6.45) is 0. The van der Waals surface area contributed by atoms with Crippen LogP contribution in [0.4, 0.5) is 0 Å². The highest BCUT2D eigenvalue weighted by atomic mass is 32.1. The lowest BCUT2D eigenvalue weighted by molar-refractivity contribution is -0.143. The molecule has 1 amide bonds. The summed E-state index contributed by atoms with van der Waals surface area (Å²) < 4.78 is 12.5. The number of thiophene rings is 1. The van der Waals surface area contributed by atoms with Crippen molar-refractivity contribution in [3.05, 3.63) is 75.4 Å². The summed E-state index contributed by atoms with van der Waals surface area (Å²) in [7, 11) is 2.87. The minimum Gasteiger partial charge on any atom is -0.494 e. The zero-order valence-electron chi connectivity index (χ0n) is 19.6. The maximum absolute atomic E-state index is 13.7. The van der Waals surface area contributed by atoms with Crippen molar-refractivity contribution in [1.82, 2.24) is 9.47 Å². The monoisotopic (exact) mass is 492 g/mol. The van der Waals surface area contributed by atoms with Gasteiger partial charge in [0.1, 0.15) is 16.8 Å². The van der Waals surface area contributed by atoms with Crippen LogP contribution in [0.5, 0.6) is 5.75 Å². The van der Waals surface area contributed by atoms with E-state index in [1.54, 1.807) is 43.3 Å².